The lowest BCUT2D eigenvalue weighted by Gasteiger charge is -2.41. The second-order valence-corrected chi connectivity index (χ2v) is 7.14. The Morgan fingerprint density at radius 2 is 2.10 bits per heavy atom. The van der Waals surface area contributed by atoms with Gasteiger partial charge in [-0.2, -0.15) is 11.8 Å². The highest BCUT2D eigenvalue weighted by molar-refractivity contribution is 8.00. The number of rotatable bonds is 2. The van der Waals surface area contributed by atoms with E-state index >= 15 is 0 Å². The summed E-state index contributed by atoms with van der Waals surface area (Å²) in [6.45, 7) is 4.95. The number of amides is 1. The molecule has 21 heavy (non-hydrogen) atoms. The van der Waals surface area contributed by atoms with Gasteiger partial charge in [-0.15, -0.1) is 12.4 Å². The zero-order valence-corrected chi connectivity index (χ0v) is 14.0. The average molecular weight is 327 g/mol. The van der Waals surface area contributed by atoms with E-state index in [9.17, 15) is 4.79 Å². The predicted octanol–water partition coefficient (Wildman–Crippen LogP) is 2.72. The van der Waals surface area contributed by atoms with Crippen LogP contribution in [0.5, 0.6) is 0 Å². The van der Waals surface area contributed by atoms with E-state index in [1.54, 1.807) is 0 Å². The van der Waals surface area contributed by atoms with Gasteiger partial charge >= 0.3 is 0 Å². The van der Waals surface area contributed by atoms with Crippen LogP contribution < -0.4 is 5.32 Å². The summed E-state index contributed by atoms with van der Waals surface area (Å²) < 4.78 is 0. The van der Waals surface area contributed by atoms with Crippen molar-refractivity contribution in [3.8, 4) is 0 Å². The third-order valence-electron chi connectivity index (χ3n) is 4.33. The number of hydrogen-bond acceptors (Lipinski definition) is 3. The topological polar surface area (TPSA) is 32.3 Å². The van der Waals surface area contributed by atoms with Crippen molar-refractivity contribution in [2.45, 2.75) is 24.6 Å². The highest BCUT2D eigenvalue weighted by Crippen LogP contribution is 2.37. The molecule has 0 aliphatic carbocycles. The third-order valence-corrected chi connectivity index (χ3v) is 5.53. The molecule has 0 bridgehead atoms. The van der Waals surface area contributed by atoms with E-state index < -0.39 is 0 Å². The Balaban J connectivity index is 0.00000161. The molecule has 2 aliphatic rings. The van der Waals surface area contributed by atoms with Crippen LogP contribution in [0.4, 0.5) is 0 Å². The van der Waals surface area contributed by atoms with Crippen LogP contribution >= 0.6 is 24.2 Å². The maximum Gasteiger partial charge on any atom is 0.227 e. The number of nitrogens with one attached hydrogen (secondary N) is 1. The first-order valence-electron chi connectivity index (χ1n) is 7.45. The molecule has 3 atom stereocenters. The van der Waals surface area contributed by atoms with E-state index in [1.807, 2.05) is 17.8 Å². The van der Waals surface area contributed by atoms with E-state index in [1.165, 1.54) is 5.56 Å². The number of nitrogens with zero attached hydrogens (tertiary/aromatic N) is 1. The fourth-order valence-electron chi connectivity index (χ4n) is 3.27. The molecule has 0 saturated carbocycles. The monoisotopic (exact) mass is 326 g/mol. The van der Waals surface area contributed by atoms with Crippen molar-refractivity contribution in [2.75, 3.05) is 25.4 Å². The molecule has 2 aliphatic heterocycles. The van der Waals surface area contributed by atoms with Crippen LogP contribution in [0.25, 0.3) is 0 Å². The lowest BCUT2D eigenvalue weighted by Crippen LogP contribution is -2.46. The standard InChI is InChI=1S/C16H22N2OS.ClH/c1-12-15(13-5-3-2-4-6-13)18(9-10-20-12)16(19)14-7-8-17-11-14;/h2-6,12,14-15,17H,7-11H2,1H3;1H. The first-order valence-corrected chi connectivity index (χ1v) is 8.50. The van der Waals surface area contributed by atoms with Gasteiger partial charge in [0.25, 0.3) is 0 Å². The van der Waals surface area contributed by atoms with Crippen LogP contribution in [0.3, 0.4) is 0 Å². The molecule has 0 radical (unpaired) electrons. The summed E-state index contributed by atoms with van der Waals surface area (Å²) in [5.74, 6) is 1.57. The Labute approximate surface area is 137 Å². The number of carbonyl (C=O) groups is 1. The average Bonchev–Trinajstić information content (AvgIpc) is 3.01. The molecular weight excluding hydrogens is 304 g/mol. The van der Waals surface area contributed by atoms with Crippen LogP contribution in [0.15, 0.2) is 30.3 Å². The van der Waals surface area contributed by atoms with Crippen LogP contribution in [0, 0.1) is 5.92 Å². The molecule has 116 valence electrons. The quantitative estimate of drug-likeness (QED) is 0.907. The molecule has 0 aromatic heterocycles. The van der Waals surface area contributed by atoms with Gasteiger partial charge in [0, 0.05) is 24.1 Å². The Hall–Kier alpha value is -0.710. The number of thioether (sulfide) groups is 1. The largest absolute Gasteiger partial charge is 0.333 e. The third kappa shape index (κ3) is 3.55. The summed E-state index contributed by atoms with van der Waals surface area (Å²) in [5, 5.41) is 3.77. The number of benzene rings is 1. The summed E-state index contributed by atoms with van der Waals surface area (Å²) in [4.78, 5) is 14.9. The Morgan fingerprint density at radius 3 is 2.76 bits per heavy atom. The Morgan fingerprint density at radius 1 is 1.33 bits per heavy atom. The first kappa shape index (κ1) is 16.7. The van der Waals surface area contributed by atoms with Crippen LogP contribution in [-0.4, -0.2) is 41.4 Å². The molecule has 1 aromatic carbocycles. The molecule has 2 fully saturated rings. The minimum Gasteiger partial charge on any atom is -0.333 e. The molecule has 3 rings (SSSR count). The van der Waals surface area contributed by atoms with E-state index in [-0.39, 0.29) is 24.4 Å². The van der Waals surface area contributed by atoms with Gasteiger partial charge in [0.15, 0.2) is 0 Å². The fraction of sp³-hybridized carbons (Fsp3) is 0.562. The van der Waals surface area contributed by atoms with Gasteiger partial charge in [0.1, 0.15) is 0 Å². The molecule has 0 spiro atoms. The maximum atomic E-state index is 12.8. The van der Waals surface area contributed by atoms with Gasteiger partial charge in [-0.1, -0.05) is 37.3 Å². The lowest BCUT2D eigenvalue weighted by atomic mass is 9.99. The Bertz CT molecular complexity index is 465. The van der Waals surface area contributed by atoms with E-state index in [4.69, 9.17) is 0 Å². The van der Waals surface area contributed by atoms with Crippen LogP contribution in [0.1, 0.15) is 24.9 Å². The smallest absolute Gasteiger partial charge is 0.227 e. The summed E-state index contributed by atoms with van der Waals surface area (Å²) in [6.07, 6.45) is 0.984. The van der Waals surface area contributed by atoms with Crippen molar-refractivity contribution in [1.82, 2.24) is 10.2 Å². The maximum absolute atomic E-state index is 12.8. The van der Waals surface area contributed by atoms with Crippen molar-refractivity contribution in [3.63, 3.8) is 0 Å². The second kappa shape index (κ2) is 7.52. The molecule has 1 aromatic rings. The van der Waals surface area contributed by atoms with Crippen LogP contribution in [-0.2, 0) is 4.79 Å². The Kier molecular flexibility index (Phi) is 5.97. The predicted molar refractivity (Wildman–Crippen MR) is 91.0 cm³/mol. The van der Waals surface area contributed by atoms with Gasteiger partial charge in [-0.05, 0) is 18.5 Å². The van der Waals surface area contributed by atoms with Gasteiger partial charge in [0.2, 0.25) is 5.91 Å². The lowest BCUT2D eigenvalue weighted by molar-refractivity contribution is -0.137. The highest BCUT2D eigenvalue weighted by atomic mass is 35.5. The van der Waals surface area contributed by atoms with E-state index in [0.29, 0.717) is 11.2 Å². The molecule has 3 nitrogen and oxygen atoms in total. The van der Waals surface area contributed by atoms with Crippen molar-refractivity contribution >= 4 is 30.1 Å². The molecule has 5 heteroatoms. The molecule has 1 amide bonds. The van der Waals surface area contributed by atoms with Crippen LogP contribution in [0.2, 0.25) is 0 Å². The zero-order valence-electron chi connectivity index (χ0n) is 12.3. The van der Waals surface area contributed by atoms with Crippen molar-refractivity contribution in [3.05, 3.63) is 35.9 Å². The summed E-state index contributed by atoms with van der Waals surface area (Å²) in [5.41, 5.74) is 1.27. The normalized spacial score (nSPS) is 29.0. The zero-order chi connectivity index (χ0) is 13.9. The van der Waals surface area contributed by atoms with E-state index in [0.717, 1.165) is 31.8 Å². The minimum atomic E-state index is 0. The molecule has 1 N–H and O–H groups in total. The SMILES string of the molecule is CC1SCCN(C(=O)C2CCNC2)C1c1ccccc1.Cl. The van der Waals surface area contributed by atoms with Crippen molar-refractivity contribution in [1.29, 1.82) is 0 Å². The molecule has 2 saturated heterocycles. The van der Waals surface area contributed by atoms with Gasteiger partial charge in [0.05, 0.1) is 12.0 Å². The van der Waals surface area contributed by atoms with Gasteiger partial charge in [-0.3, -0.25) is 4.79 Å². The summed E-state index contributed by atoms with van der Waals surface area (Å²) in [7, 11) is 0. The molecular formula is C16H23ClN2OS. The number of carbonyl (C=O) groups excluding carboxylic acids is 1. The second-order valence-electron chi connectivity index (χ2n) is 5.65. The van der Waals surface area contributed by atoms with Gasteiger partial charge in [-0.25, -0.2) is 0 Å². The summed E-state index contributed by atoms with van der Waals surface area (Å²) >= 11 is 1.98. The number of halogens is 1. The first-order chi connectivity index (χ1) is 9.77. The summed E-state index contributed by atoms with van der Waals surface area (Å²) in [6, 6.07) is 10.7. The highest BCUT2D eigenvalue weighted by Gasteiger charge is 2.37. The molecule has 2 heterocycles. The number of hydrogen-bond donors (Lipinski definition) is 1. The van der Waals surface area contributed by atoms with Crippen molar-refractivity contribution < 1.29 is 4.79 Å². The van der Waals surface area contributed by atoms with Gasteiger partial charge < -0.3 is 10.2 Å². The fourth-order valence-corrected chi connectivity index (χ4v) is 4.43. The minimum absolute atomic E-state index is 0. The van der Waals surface area contributed by atoms with Crippen molar-refractivity contribution in [2.24, 2.45) is 5.92 Å². The van der Waals surface area contributed by atoms with E-state index in [2.05, 4.69) is 41.4 Å². The molecule has 3 unspecified atom stereocenters.